The first-order chi connectivity index (χ1) is 16.5. The number of alkyl halides is 2. The van der Waals surface area contributed by atoms with Crippen LogP contribution in [0.1, 0.15) is 16.7 Å². The Balaban J connectivity index is 1.60. The SMILES string of the molecule is COc1cc(CCNC(=O)/C(=C\OC(F)F)c2ccc(Cl)cc2)ccc1OCc1ccccc1. The summed E-state index contributed by atoms with van der Waals surface area (Å²) >= 11 is 5.87. The molecule has 1 amide bonds. The lowest BCUT2D eigenvalue weighted by atomic mass is 10.1. The first-order valence-electron chi connectivity index (χ1n) is 10.5. The molecule has 178 valence electrons. The molecule has 0 fully saturated rings. The number of methoxy groups -OCH3 is 1. The van der Waals surface area contributed by atoms with E-state index < -0.39 is 12.5 Å². The van der Waals surface area contributed by atoms with Crippen molar-refractivity contribution in [1.82, 2.24) is 5.32 Å². The molecular formula is C26H24ClF2NO4. The number of hydrogen-bond acceptors (Lipinski definition) is 4. The fourth-order valence-electron chi connectivity index (χ4n) is 3.14. The summed E-state index contributed by atoms with van der Waals surface area (Å²) in [5.74, 6) is 0.640. The van der Waals surface area contributed by atoms with Crippen molar-refractivity contribution >= 4 is 23.1 Å². The zero-order valence-corrected chi connectivity index (χ0v) is 19.2. The van der Waals surface area contributed by atoms with Crippen molar-refractivity contribution in [3.63, 3.8) is 0 Å². The molecule has 0 radical (unpaired) electrons. The Morgan fingerprint density at radius 3 is 2.41 bits per heavy atom. The van der Waals surface area contributed by atoms with Crippen molar-refractivity contribution in [2.24, 2.45) is 0 Å². The molecule has 0 heterocycles. The molecule has 5 nitrogen and oxygen atoms in total. The van der Waals surface area contributed by atoms with Gasteiger partial charge >= 0.3 is 6.61 Å². The number of amides is 1. The van der Waals surface area contributed by atoms with Gasteiger partial charge in [-0.15, -0.1) is 0 Å². The van der Waals surface area contributed by atoms with E-state index in [1.54, 1.807) is 31.4 Å². The number of hydrogen-bond donors (Lipinski definition) is 1. The van der Waals surface area contributed by atoms with Crippen LogP contribution in [0.15, 0.2) is 79.1 Å². The highest BCUT2D eigenvalue weighted by Gasteiger charge is 2.14. The van der Waals surface area contributed by atoms with E-state index in [0.29, 0.717) is 35.1 Å². The molecule has 0 aliphatic rings. The maximum Gasteiger partial charge on any atom is 0.386 e. The van der Waals surface area contributed by atoms with Gasteiger partial charge in [-0.2, -0.15) is 8.78 Å². The van der Waals surface area contributed by atoms with Crippen LogP contribution in [0.25, 0.3) is 5.57 Å². The minimum atomic E-state index is -3.04. The highest BCUT2D eigenvalue weighted by molar-refractivity contribution is 6.30. The van der Waals surface area contributed by atoms with E-state index in [4.69, 9.17) is 21.1 Å². The third kappa shape index (κ3) is 7.49. The number of nitrogens with one attached hydrogen (secondary N) is 1. The highest BCUT2D eigenvalue weighted by atomic mass is 35.5. The Labute approximate surface area is 201 Å². The molecule has 3 aromatic carbocycles. The van der Waals surface area contributed by atoms with Crippen molar-refractivity contribution in [1.29, 1.82) is 0 Å². The quantitative estimate of drug-likeness (QED) is 0.271. The average molecular weight is 488 g/mol. The minimum Gasteiger partial charge on any atom is -0.493 e. The fourth-order valence-corrected chi connectivity index (χ4v) is 3.27. The second-order valence-corrected chi connectivity index (χ2v) is 7.64. The monoisotopic (exact) mass is 487 g/mol. The third-order valence-corrected chi connectivity index (χ3v) is 5.11. The Morgan fingerprint density at radius 2 is 1.74 bits per heavy atom. The minimum absolute atomic E-state index is 0.0285. The van der Waals surface area contributed by atoms with Gasteiger partial charge in [0.25, 0.3) is 5.91 Å². The first-order valence-corrected chi connectivity index (χ1v) is 10.9. The van der Waals surface area contributed by atoms with Crippen molar-refractivity contribution in [2.45, 2.75) is 19.6 Å². The average Bonchev–Trinajstić information content (AvgIpc) is 2.84. The molecule has 8 heteroatoms. The predicted octanol–water partition coefficient (Wildman–Crippen LogP) is 5.87. The number of carbonyl (C=O) groups is 1. The van der Waals surface area contributed by atoms with Crippen LogP contribution in [0, 0.1) is 0 Å². The maximum atomic E-state index is 12.6. The number of rotatable bonds is 11. The van der Waals surface area contributed by atoms with Gasteiger partial charge in [-0.1, -0.05) is 60.1 Å². The second-order valence-electron chi connectivity index (χ2n) is 7.20. The smallest absolute Gasteiger partial charge is 0.386 e. The lowest BCUT2D eigenvalue weighted by molar-refractivity contribution is -0.116. The summed E-state index contributed by atoms with van der Waals surface area (Å²) in [5.41, 5.74) is 2.32. The maximum absolute atomic E-state index is 12.6. The van der Waals surface area contributed by atoms with Gasteiger partial charge in [0.05, 0.1) is 12.7 Å². The van der Waals surface area contributed by atoms with Crippen molar-refractivity contribution in [2.75, 3.05) is 13.7 Å². The summed E-state index contributed by atoms with van der Waals surface area (Å²) in [6.07, 6.45) is 1.25. The van der Waals surface area contributed by atoms with Gasteiger partial charge in [-0.25, -0.2) is 0 Å². The van der Waals surface area contributed by atoms with E-state index in [1.807, 2.05) is 48.5 Å². The Bertz CT molecular complexity index is 1110. The largest absolute Gasteiger partial charge is 0.493 e. The standard InChI is InChI=1S/C26H24ClF2NO4/c1-32-24-15-18(7-12-23(24)33-16-19-5-3-2-4-6-19)13-14-30-25(31)22(17-34-26(28)29)20-8-10-21(27)11-9-20/h2-12,15,17,26H,13-14,16H2,1H3,(H,30,31)/b22-17-. The Morgan fingerprint density at radius 1 is 1.00 bits per heavy atom. The molecule has 0 saturated carbocycles. The van der Waals surface area contributed by atoms with Gasteiger partial charge in [0, 0.05) is 11.6 Å². The van der Waals surface area contributed by atoms with Crippen LogP contribution in [0.3, 0.4) is 0 Å². The van der Waals surface area contributed by atoms with Gasteiger partial charge in [0.1, 0.15) is 12.9 Å². The van der Waals surface area contributed by atoms with Crippen LogP contribution in [-0.4, -0.2) is 26.2 Å². The third-order valence-electron chi connectivity index (χ3n) is 4.85. The molecule has 0 bridgehead atoms. The van der Waals surface area contributed by atoms with Crippen molar-refractivity contribution in [3.05, 3.63) is 101 Å². The van der Waals surface area contributed by atoms with E-state index >= 15 is 0 Å². The van der Waals surface area contributed by atoms with Crippen LogP contribution >= 0.6 is 11.6 Å². The van der Waals surface area contributed by atoms with Gasteiger partial charge in [0.2, 0.25) is 0 Å². The Hall–Kier alpha value is -3.58. The van der Waals surface area contributed by atoms with Gasteiger partial charge < -0.3 is 19.5 Å². The zero-order valence-electron chi connectivity index (χ0n) is 18.5. The van der Waals surface area contributed by atoms with Crippen molar-refractivity contribution in [3.8, 4) is 11.5 Å². The van der Waals surface area contributed by atoms with Crippen molar-refractivity contribution < 1.29 is 27.8 Å². The summed E-state index contributed by atoms with van der Waals surface area (Å²) in [5, 5.41) is 3.19. The van der Waals surface area contributed by atoms with E-state index in [9.17, 15) is 13.6 Å². The van der Waals surface area contributed by atoms with Gasteiger partial charge in [-0.05, 0) is 47.4 Å². The summed E-state index contributed by atoms with van der Waals surface area (Å²) in [4.78, 5) is 12.6. The first kappa shape index (κ1) is 25.1. The second kappa shape index (κ2) is 12.6. The molecule has 0 aliphatic heterocycles. The molecule has 0 atom stereocenters. The molecule has 3 aromatic rings. The summed E-state index contributed by atoms with van der Waals surface area (Å²) in [7, 11) is 1.56. The topological polar surface area (TPSA) is 56.8 Å². The number of carbonyl (C=O) groups excluding carboxylic acids is 1. The lowest BCUT2D eigenvalue weighted by Gasteiger charge is -2.13. The molecular weight excluding hydrogens is 464 g/mol. The van der Waals surface area contributed by atoms with Gasteiger partial charge in [0.15, 0.2) is 11.5 Å². The molecule has 34 heavy (non-hydrogen) atoms. The predicted molar refractivity (Wildman–Crippen MR) is 127 cm³/mol. The number of ether oxygens (including phenoxy) is 3. The molecule has 0 unspecified atom stereocenters. The van der Waals surface area contributed by atoms with E-state index in [0.717, 1.165) is 17.4 Å². The number of benzene rings is 3. The van der Waals surface area contributed by atoms with Crippen LogP contribution < -0.4 is 14.8 Å². The van der Waals surface area contributed by atoms with E-state index in [2.05, 4.69) is 10.1 Å². The normalized spacial score (nSPS) is 11.3. The summed E-state index contributed by atoms with van der Waals surface area (Å²) < 4.78 is 40.6. The molecule has 0 aliphatic carbocycles. The summed E-state index contributed by atoms with van der Waals surface area (Å²) in [6, 6.07) is 21.6. The zero-order chi connectivity index (χ0) is 24.3. The van der Waals surface area contributed by atoms with Gasteiger partial charge in [-0.3, -0.25) is 4.79 Å². The van der Waals surface area contributed by atoms with Crippen LogP contribution in [0.4, 0.5) is 8.78 Å². The molecule has 0 aromatic heterocycles. The molecule has 0 saturated heterocycles. The summed E-state index contributed by atoms with van der Waals surface area (Å²) in [6.45, 7) is -2.36. The molecule has 1 N–H and O–H groups in total. The molecule has 0 spiro atoms. The van der Waals surface area contributed by atoms with Crippen LogP contribution in [0.5, 0.6) is 11.5 Å². The fraction of sp³-hybridized carbons (Fsp3) is 0.192. The van der Waals surface area contributed by atoms with E-state index in [-0.39, 0.29) is 12.1 Å². The van der Waals surface area contributed by atoms with Crippen LogP contribution in [0.2, 0.25) is 5.02 Å². The van der Waals surface area contributed by atoms with Crippen LogP contribution in [-0.2, 0) is 22.6 Å². The lowest BCUT2D eigenvalue weighted by Crippen LogP contribution is -2.26. The number of halogens is 3. The molecule has 3 rings (SSSR count). The highest BCUT2D eigenvalue weighted by Crippen LogP contribution is 2.29. The van der Waals surface area contributed by atoms with E-state index in [1.165, 1.54) is 0 Å². The Kier molecular flexibility index (Phi) is 9.29.